The number of rotatable bonds is 8. The fourth-order valence-electron chi connectivity index (χ4n) is 3.74. The van der Waals surface area contributed by atoms with Crippen molar-refractivity contribution in [1.29, 1.82) is 0 Å². The number of amides is 2. The Kier molecular flexibility index (Phi) is 7.21. The van der Waals surface area contributed by atoms with E-state index in [4.69, 9.17) is 5.11 Å². The van der Waals surface area contributed by atoms with E-state index in [0.717, 1.165) is 43.0 Å². The maximum Gasteiger partial charge on any atom is 0.315 e. The van der Waals surface area contributed by atoms with Crippen molar-refractivity contribution in [3.8, 4) is 0 Å². The minimum absolute atomic E-state index is 0.00498. The predicted molar refractivity (Wildman–Crippen MR) is 108 cm³/mol. The minimum atomic E-state index is -0.871. The molecule has 3 N–H and O–H groups in total. The Bertz CT molecular complexity index is 821. The quantitative estimate of drug-likeness (QED) is 0.632. The maximum absolute atomic E-state index is 12.6. The highest BCUT2D eigenvalue weighted by Crippen LogP contribution is 2.18. The molecule has 0 aliphatic carbocycles. The van der Waals surface area contributed by atoms with Gasteiger partial charge >= 0.3 is 12.0 Å². The number of carboxylic acid groups (broad SMARTS) is 1. The van der Waals surface area contributed by atoms with Crippen LogP contribution in [0, 0.1) is 0 Å². The van der Waals surface area contributed by atoms with Crippen molar-refractivity contribution in [3.05, 3.63) is 47.5 Å². The van der Waals surface area contributed by atoms with E-state index < -0.39 is 5.97 Å². The van der Waals surface area contributed by atoms with Gasteiger partial charge < -0.3 is 20.3 Å². The highest BCUT2D eigenvalue weighted by molar-refractivity contribution is 5.74. The van der Waals surface area contributed by atoms with Crippen LogP contribution in [0.2, 0.25) is 0 Å². The van der Waals surface area contributed by atoms with E-state index >= 15 is 0 Å². The van der Waals surface area contributed by atoms with E-state index in [-0.39, 0.29) is 24.5 Å². The average Bonchev–Trinajstić information content (AvgIpc) is 2.95. The van der Waals surface area contributed by atoms with Gasteiger partial charge in [0, 0.05) is 25.4 Å². The van der Waals surface area contributed by atoms with Crippen LogP contribution in [0.5, 0.6) is 0 Å². The number of aromatic nitrogens is 3. The van der Waals surface area contributed by atoms with Crippen LogP contribution in [0.25, 0.3) is 0 Å². The SMILES string of the molecule is C[C@@H](NC(=O)NC(CCC(=O)O)Cc1ccccc1)c1nnc2n1CCCCC2. The molecular formula is C21H29N5O3. The Balaban J connectivity index is 1.61. The van der Waals surface area contributed by atoms with Gasteiger partial charge in [-0.25, -0.2) is 4.79 Å². The molecular weight excluding hydrogens is 370 g/mol. The minimum Gasteiger partial charge on any atom is -0.481 e. The standard InChI is InChI=1S/C21H29N5O3/c1-15(20-25-24-18-10-6-3-7-13-26(18)20)22-21(29)23-17(11-12-19(27)28)14-16-8-4-2-5-9-16/h2,4-5,8-9,15,17H,3,6-7,10-14H2,1H3,(H,27,28)(H2,22,23,29)/t15-,17?/m1/s1. The molecule has 29 heavy (non-hydrogen) atoms. The van der Waals surface area contributed by atoms with Crippen LogP contribution < -0.4 is 10.6 Å². The molecule has 156 valence electrons. The molecule has 1 unspecified atom stereocenters. The lowest BCUT2D eigenvalue weighted by atomic mass is 10.0. The highest BCUT2D eigenvalue weighted by Gasteiger charge is 2.22. The second kappa shape index (κ2) is 10.0. The van der Waals surface area contributed by atoms with Gasteiger partial charge in [0.25, 0.3) is 0 Å². The summed E-state index contributed by atoms with van der Waals surface area (Å²) in [7, 11) is 0. The lowest BCUT2D eigenvalue weighted by Crippen LogP contribution is -2.44. The molecule has 0 saturated heterocycles. The third kappa shape index (κ3) is 6.04. The number of benzene rings is 1. The van der Waals surface area contributed by atoms with Gasteiger partial charge in [0.05, 0.1) is 6.04 Å². The first-order chi connectivity index (χ1) is 14.0. The average molecular weight is 399 g/mol. The molecule has 1 aliphatic rings. The first-order valence-electron chi connectivity index (χ1n) is 10.3. The highest BCUT2D eigenvalue weighted by atomic mass is 16.4. The summed E-state index contributed by atoms with van der Waals surface area (Å²) < 4.78 is 2.11. The first-order valence-corrected chi connectivity index (χ1v) is 10.3. The van der Waals surface area contributed by atoms with Gasteiger partial charge in [-0.2, -0.15) is 0 Å². The molecule has 0 saturated carbocycles. The van der Waals surface area contributed by atoms with E-state index in [1.165, 1.54) is 6.42 Å². The van der Waals surface area contributed by atoms with Crippen LogP contribution in [-0.2, 0) is 24.2 Å². The Morgan fingerprint density at radius 2 is 1.93 bits per heavy atom. The van der Waals surface area contributed by atoms with Crippen LogP contribution >= 0.6 is 0 Å². The molecule has 0 radical (unpaired) electrons. The van der Waals surface area contributed by atoms with Crippen LogP contribution in [0.15, 0.2) is 30.3 Å². The number of carboxylic acids is 1. The van der Waals surface area contributed by atoms with Crippen molar-refractivity contribution < 1.29 is 14.7 Å². The fraction of sp³-hybridized carbons (Fsp3) is 0.524. The van der Waals surface area contributed by atoms with Crippen LogP contribution in [0.1, 0.15) is 62.3 Å². The van der Waals surface area contributed by atoms with E-state index in [1.54, 1.807) is 0 Å². The smallest absolute Gasteiger partial charge is 0.315 e. The molecule has 2 amide bonds. The lowest BCUT2D eigenvalue weighted by Gasteiger charge is -2.21. The van der Waals surface area contributed by atoms with E-state index in [2.05, 4.69) is 25.4 Å². The molecule has 1 aromatic heterocycles. The van der Waals surface area contributed by atoms with E-state index in [1.807, 2.05) is 37.3 Å². The van der Waals surface area contributed by atoms with E-state index in [0.29, 0.717) is 12.8 Å². The topological polar surface area (TPSA) is 109 Å². The molecule has 8 nitrogen and oxygen atoms in total. The predicted octanol–water partition coefficient (Wildman–Crippen LogP) is 2.84. The van der Waals surface area contributed by atoms with Crippen molar-refractivity contribution in [2.75, 3.05) is 0 Å². The van der Waals surface area contributed by atoms with Crippen molar-refractivity contribution in [2.45, 2.75) is 70.5 Å². The first kappa shape index (κ1) is 20.8. The van der Waals surface area contributed by atoms with Crippen LogP contribution in [0.4, 0.5) is 4.79 Å². The summed E-state index contributed by atoms with van der Waals surface area (Å²) >= 11 is 0. The summed E-state index contributed by atoms with van der Waals surface area (Å²) in [5, 5.41) is 23.5. The fourth-order valence-corrected chi connectivity index (χ4v) is 3.74. The van der Waals surface area contributed by atoms with Crippen molar-refractivity contribution in [2.24, 2.45) is 0 Å². The molecule has 1 aromatic carbocycles. The summed E-state index contributed by atoms with van der Waals surface area (Å²) in [6.07, 6.45) is 5.25. The zero-order chi connectivity index (χ0) is 20.6. The Morgan fingerprint density at radius 3 is 2.69 bits per heavy atom. The Labute approximate surface area is 170 Å². The summed E-state index contributed by atoms with van der Waals surface area (Å²) in [6, 6.07) is 8.87. The number of carbonyl (C=O) groups excluding carboxylic acids is 1. The Hall–Kier alpha value is -2.90. The van der Waals surface area contributed by atoms with Gasteiger partial charge in [-0.3, -0.25) is 4.79 Å². The molecule has 2 atom stereocenters. The Morgan fingerprint density at radius 1 is 1.14 bits per heavy atom. The number of urea groups is 1. The number of hydrogen-bond donors (Lipinski definition) is 3. The number of nitrogens with one attached hydrogen (secondary N) is 2. The molecule has 8 heteroatoms. The number of carbonyl (C=O) groups is 2. The normalized spacial score (nSPS) is 15.6. The monoisotopic (exact) mass is 399 g/mol. The second-order valence-corrected chi connectivity index (χ2v) is 7.60. The summed E-state index contributed by atoms with van der Waals surface area (Å²) in [5.41, 5.74) is 1.05. The van der Waals surface area contributed by atoms with Crippen LogP contribution in [0.3, 0.4) is 0 Å². The van der Waals surface area contributed by atoms with Crippen LogP contribution in [-0.4, -0.2) is 37.9 Å². The lowest BCUT2D eigenvalue weighted by molar-refractivity contribution is -0.137. The number of nitrogens with zero attached hydrogens (tertiary/aromatic N) is 3. The van der Waals surface area contributed by atoms with Crippen molar-refractivity contribution in [3.63, 3.8) is 0 Å². The molecule has 0 spiro atoms. The summed E-state index contributed by atoms with van der Waals surface area (Å²) in [6.45, 7) is 2.77. The summed E-state index contributed by atoms with van der Waals surface area (Å²) in [4.78, 5) is 23.6. The number of aryl methyl sites for hydroxylation is 1. The third-order valence-corrected chi connectivity index (χ3v) is 5.24. The van der Waals surface area contributed by atoms with Gasteiger partial charge in [0.1, 0.15) is 5.82 Å². The zero-order valence-corrected chi connectivity index (χ0v) is 16.8. The molecule has 3 rings (SSSR count). The van der Waals surface area contributed by atoms with E-state index in [9.17, 15) is 9.59 Å². The van der Waals surface area contributed by atoms with Crippen molar-refractivity contribution in [1.82, 2.24) is 25.4 Å². The summed E-state index contributed by atoms with van der Waals surface area (Å²) in [5.74, 6) is 0.877. The number of fused-ring (bicyclic) bond motifs is 1. The van der Waals surface area contributed by atoms with Gasteiger partial charge in [-0.1, -0.05) is 36.8 Å². The van der Waals surface area contributed by atoms with Gasteiger partial charge in [-0.15, -0.1) is 10.2 Å². The number of aliphatic carboxylic acids is 1. The number of hydrogen-bond acceptors (Lipinski definition) is 4. The van der Waals surface area contributed by atoms with Gasteiger partial charge in [0.15, 0.2) is 5.82 Å². The van der Waals surface area contributed by atoms with Gasteiger partial charge in [0.2, 0.25) is 0 Å². The molecule has 2 heterocycles. The molecule has 0 fully saturated rings. The molecule has 2 aromatic rings. The van der Waals surface area contributed by atoms with Gasteiger partial charge in [-0.05, 0) is 38.2 Å². The third-order valence-electron chi connectivity index (χ3n) is 5.24. The molecule has 1 aliphatic heterocycles. The largest absolute Gasteiger partial charge is 0.481 e. The second-order valence-electron chi connectivity index (χ2n) is 7.60. The molecule has 0 bridgehead atoms. The zero-order valence-electron chi connectivity index (χ0n) is 16.8. The maximum atomic E-state index is 12.6. The van der Waals surface area contributed by atoms with Crippen molar-refractivity contribution >= 4 is 12.0 Å².